The highest BCUT2D eigenvalue weighted by atomic mass is 14.4. The molecule has 0 nitrogen and oxygen atoms in total. The van der Waals surface area contributed by atoms with E-state index in [1.165, 1.54) is 29.5 Å². The molecule has 0 saturated heterocycles. The van der Waals surface area contributed by atoms with Crippen LogP contribution in [0.2, 0.25) is 0 Å². The van der Waals surface area contributed by atoms with Crippen LogP contribution >= 0.6 is 0 Å². The van der Waals surface area contributed by atoms with Crippen molar-refractivity contribution in [1.82, 2.24) is 0 Å². The van der Waals surface area contributed by atoms with E-state index < -0.39 is 0 Å². The van der Waals surface area contributed by atoms with Gasteiger partial charge < -0.3 is 0 Å². The Bertz CT molecular complexity index is 723. The summed E-state index contributed by atoms with van der Waals surface area (Å²) in [5, 5.41) is 0. The Labute approximate surface area is 120 Å². The van der Waals surface area contributed by atoms with Gasteiger partial charge in [0.15, 0.2) is 0 Å². The van der Waals surface area contributed by atoms with Crippen LogP contribution in [0.25, 0.3) is 11.1 Å². The minimum atomic E-state index is 0.772. The van der Waals surface area contributed by atoms with Crippen molar-refractivity contribution in [3.63, 3.8) is 0 Å². The van der Waals surface area contributed by atoms with Crippen LogP contribution in [0.15, 0.2) is 54.6 Å². The van der Waals surface area contributed by atoms with Crippen LogP contribution in [0.5, 0.6) is 0 Å². The highest BCUT2D eigenvalue weighted by molar-refractivity contribution is 5.78. The predicted octanol–water partition coefficient (Wildman–Crippen LogP) is 4.94. The van der Waals surface area contributed by atoms with Gasteiger partial charge in [-0.1, -0.05) is 54.6 Å². The van der Waals surface area contributed by atoms with Crippen LogP contribution in [-0.4, -0.2) is 0 Å². The van der Waals surface area contributed by atoms with E-state index in [1.807, 2.05) is 0 Å². The second-order valence-electron chi connectivity index (χ2n) is 6.59. The summed E-state index contributed by atoms with van der Waals surface area (Å²) < 4.78 is 0. The van der Waals surface area contributed by atoms with Gasteiger partial charge in [0.2, 0.25) is 0 Å². The highest BCUT2D eigenvalue weighted by Gasteiger charge is 2.38. The van der Waals surface area contributed by atoms with Crippen LogP contribution in [0.4, 0.5) is 0 Å². The van der Waals surface area contributed by atoms with Crippen molar-refractivity contribution in [2.24, 2.45) is 11.8 Å². The minimum absolute atomic E-state index is 0.772. The topological polar surface area (TPSA) is 0 Å². The lowest BCUT2D eigenvalue weighted by atomic mass is 9.83. The summed E-state index contributed by atoms with van der Waals surface area (Å²) in [5.41, 5.74) is 7.71. The average molecular weight is 258 g/mol. The zero-order chi connectivity index (χ0) is 13.1. The van der Waals surface area contributed by atoms with E-state index in [-0.39, 0.29) is 0 Å². The second-order valence-corrected chi connectivity index (χ2v) is 6.59. The van der Waals surface area contributed by atoms with Gasteiger partial charge in [-0.05, 0) is 64.8 Å². The Morgan fingerprint density at radius 3 is 2.55 bits per heavy atom. The largest absolute Gasteiger partial charge is 0.0851 e. The fourth-order valence-corrected chi connectivity index (χ4v) is 4.67. The van der Waals surface area contributed by atoms with Crippen molar-refractivity contribution in [1.29, 1.82) is 0 Å². The summed E-state index contributed by atoms with van der Waals surface area (Å²) in [4.78, 5) is 0. The van der Waals surface area contributed by atoms with Gasteiger partial charge in [-0.3, -0.25) is 0 Å². The average Bonchev–Trinajstić information content (AvgIpc) is 3.19. The molecule has 0 radical (unpaired) electrons. The summed E-state index contributed by atoms with van der Waals surface area (Å²) in [5.74, 6) is 2.43. The van der Waals surface area contributed by atoms with Gasteiger partial charge in [0.1, 0.15) is 0 Å². The van der Waals surface area contributed by atoms with Crippen molar-refractivity contribution in [2.75, 3.05) is 0 Å². The molecule has 5 rings (SSSR count). The summed E-state index contributed by atoms with van der Waals surface area (Å²) in [7, 11) is 0. The van der Waals surface area contributed by atoms with Crippen molar-refractivity contribution in [3.05, 3.63) is 71.3 Å². The molecule has 0 heterocycles. The summed E-state index contributed by atoms with van der Waals surface area (Å²) in [6.07, 6.45) is 8.81. The number of hydrogen-bond acceptors (Lipinski definition) is 0. The predicted molar refractivity (Wildman–Crippen MR) is 82.8 cm³/mol. The molecule has 2 bridgehead atoms. The molecule has 3 aliphatic carbocycles. The van der Waals surface area contributed by atoms with Gasteiger partial charge in [0.25, 0.3) is 0 Å². The smallest absolute Gasteiger partial charge is 0.00106 e. The van der Waals surface area contributed by atoms with Crippen LogP contribution in [0.1, 0.15) is 35.4 Å². The van der Waals surface area contributed by atoms with Crippen LogP contribution < -0.4 is 0 Å². The van der Waals surface area contributed by atoms with Crippen LogP contribution in [-0.2, 0) is 6.42 Å². The minimum Gasteiger partial charge on any atom is -0.0851 e. The molecule has 20 heavy (non-hydrogen) atoms. The molecule has 3 unspecified atom stereocenters. The molecule has 98 valence electrons. The second kappa shape index (κ2) is 3.85. The van der Waals surface area contributed by atoms with Crippen molar-refractivity contribution < 1.29 is 0 Å². The van der Waals surface area contributed by atoms with E-state index in [1.54, 1.807) is 11.1 Å². The quantitative estimate of drug-likeness (QED) is 0.542. The normalized spacial score (nSPS) is 28.7. The van der Waals surface area contributed by atoms with E-state index in [0.29, 0.717) is 0 Å². The van der Waals surface area contributed by atoms with E-state index in [2.05, 4.69) is 54.6 Å². The monoisotopic (exact) mass is 258 g/mol. The Hall–Kier alpha value is -1.82. The molecule has 0 amide bonds. The van der Waals surface area contributed by atoms with Gasteiger partial charge in [-0.15, -0.1) is 0 Å². The molecular weight excluding hydrogens is 240 g/mol. The van der Waals surface area contributed by atoms with E-state index in [0.717, 1.165) is 24.2 Å². The lowest BCUT2D eigenvalue weighted by Crippen LogP contribution is -2.07. The molecular formula is C20H18. The molecule has 1 saturated carbocycles. The highest BCUT2D eigenvalue weighted by Crippen LogP contribution is 2.51. The van der Waals surface area contributed by atoms with Crippen molar-refractivity contribution in [3.8, 4) is 11.1 Å². The zero-order valence-electron chi connectivity index (χ0n) is 11.5. The maximum absolute atomic E-state index is 2.47. The zero-order valence-corrected chi connectivity index (χ0v) is 11.5. The Morgan fingerprint density at radius 1 is 0.800 bits per heavy atom. The number of hydrogen-bond donors (Lipinski definition) is 0. The molecule has 0 heteroatoms. The summed E-state index contributed by atoms with van der Waals surface area (Å²) in [6.45, 7) is 0. The Balaban J connectivity index is 1.65. The lowest BCUT2D eigenvalue weighted by molar-refractivity contribution is 0.582. The SMILES string of the molecule is C1=CC2CC1CC2c1cccc2c1Cc1ccccc1-2. The molecule has 0 aliphatic heterocycles. The maximum atomic E-state index is 2.47. The van der Waals surface area contributed by atoms with E-state index in [4.69, 9.17) is 0 Å². The van der Waals surface area contributed by atoms with Crippen LogP contribution in [0.3, 0.4) is 0 Å². The molecule has 0 aromatic heterocycles. The first-order valence-corrected chi connectivity index (χ1v) is 7.78. The first-order chi connectivity index (χ1) is 9.90. The molecule has 0 spiro atoms. The van der Waals surface area contributed by atoms with Crippen molar-refractivity contribution in [2.45, 2.75) is 25.2 Å². The third-order valence-electron chi connectivity index (χ3n) is 5.57. The number of fused-ring (bicyclic) bond motifs is 5. The van der Waals surface area contributed by atoms with E-state index >= 15 is 0 Å². The fourth-order valence-electron chi connectivity index (χ4n) is 4.67. The van der Waals surface area contributed by atoms with Crippen LogP contribution in [0, 0.1) is 11.8 Å². The first-order valence-electron chi connectivity index (χ1n) is 7.78. The first kappa shape index (κ1) is 10.9. The number of benzene rings is 2. The van der Waals surface area contributed by atoms with E-state index in [9.17, 15) is 0 Å². The Kier molecular flexibility index (Phi) is 2.10. The molecule has 1 fully saturated rings. The molecule has 2 aromatic rings. The number of allylic oxidation sites excluding steroid dienone is 2. The number of rotatable bonds is 1. The van der Waals surface area contributed by atoms with Crippen molar-refractivity contribution >= 4 is 0 Å². The summed E-state index contributed by atoms with van der Waals surface area (Å²) in [6, 6.07) is 15.9. The molecule has 2 aromatic carbocycles. The third kappa shape index (κ3) is 1.37. The standard InChI is InChI=1S/C20H18/c1-2-5-16-14(4-1)12-20-17(16)6-3-7-18(20)19-11-13-8-9-15(19)10-13/h1-9,13,15,19H,10-12H2. The van der Waals surface area contributed by atoms with Gasteiger partial charge in [0, 0.05) is 0 Å². The maximum Gasteiger partial charge on any atom is -0.00106 e. The van der Waals surface area contributed by atoms with Gasteiger partial charge in [-0.2, -0.15) is 0 Å². The van der Waals surface area contributed by atoms with Gasteiger partial charge in [0.05, 0.1) is 0 Å². The Morgan fingerprint density at radius 2 is 1.70 bits per heavy atom. The fraction of sp³-hybridized carbons (Fsp3) is 0.300. The summed E-state index contributed by atoms with van der Waals surface area (Å²) >= 11 is 0. The van der Waals surface area contributed by atoms with Gasteiger partial charge in [-0.25, -0.2) is 0 Å². The lowest BCUT2D eigenvalue weighted by Gasteiger charge is -2.21. The molecule has 3 aliphatic rings. The molecule has 0 N–H and O–H groups in total. The van der Waals surface area contributed by atoms with Gasteiger partial charge >= 0.3 is 0 Å². The third-order valence-corrected chi connectivity index (χ3v) is 5.57. The molecule has 3 atom stereocenters.